The van der Waals surface area contributed by atoms with Crippen molar-refractivity contribution in [1.82, 2.24) is 9.62 Å². The zero-order valence-electron chi connectivity index (χ0n) is 15.0. The first-order chi connectivity index (χ1) is 11.9. The van der Waals surface area contributed by atoms with Crippen molar-refractivity contribution in [2.45, 2.75) is 45.6 Å². The zero-order chi connectivity index (χ0) is 18.3. The normalized spacial score (nSPS) is 16.0. The first kappa shape index (κ1) is 19.7. The lowest BCUT2D eigenvalue weighted by molar-refractivity contribution is -0.134. The van der Waals surface area contributed by atoms with Crippen LogP contribution in [0.1, 0.15) is 38.2 Å². The monoisotopic (exact) mass is 368 g/mol. The van der Waals surface area contributed by atoms with Gasteiger partial charge in [0.05, 0.1) is 5.75 Å². The number of nitrogens with zero attached hydrogens (tertiary/aromatic N) is 1. The van der Waals surface area contributed by atoms with E-state index in [0.717, 1.165) is 12.0 Å². The Bertz CT molecular complexity index is 650. The molecule has 1 N–H and O–H groups in total. The van der Waals surface area contributed by atoms with Crippen molar-refractivity contribution in [3.8, 4) is 5.75 Å². The molecule has 1 aliphatic heterocycles. The summed E-state index contributed by atoms with van der Waals surface area (Å²) in [5.74, 6) is 0.790. The van der Waals surface area contributed by atoms with Crippen LogP contribution in [0.25, 0.3) is 0 Å². The van der Waals surface area contributed by atoms with E-state index in [1.54, 1.807) is 4.90 Å². The van der Waals surface area contributed by atoms with E-state index in [9.17, 15) is 13.2 Å². The predicted molar refractivity (Wildman–Crippen MR) is 98.1 cm³/mol. The van der Waals surface area contributed by atoms with Crippen molar-refractivity contribution in [3.63, 3.8) is 0 Å². The first-order valence-electron chi connectivity index (χ1n) is 8.87. The number of rotatable bonds is 8. The van der Waals surface area contributed by atoms with Crippen molar-refractivity contribution in [3.05, 3.63) is 29.8 Å². The molecule has 1 saturated heterocycles. The molecule has 0 unspecified atom stereocenters. The maximum absolute atomic E-state index is 12.2. The highest BCUT2D eigenvalue weighted by Crippen LogP contribution is 2.14. The van der Waals surface area contributed by atoms with E-state index in [1.807, 2.05) is 38.1 Å². The summed E-state index contributed by atoms with van der Waals surface area (Å²) in [6.45, 7) is 5.08. The fourth-order valence-corrected chi connectivity index (χ4v) is 4.29. The number of carbonyl (C=O) groups is 1. The SMILES string of the molecule is CCCCS(=O)(=O)NC1CCN(C(=O)COc2ccc(C)cc2)CC1. The van der Waals surface area contributed by atoms with Gasteiger partial charge in [0.2, 0.25) is 10.0 Å². The van der Waals surface area contributed by atoms with E-state index < -0.39 is 10.0 Å². The Morgan fingerprint density at radius 2 is 1.88 bits per heavy atom. The van der Waals surface area contributed by atoms with E-state index in [0.29, 0.717) is 38.1 Å². The molecule has 7 heteroatoms. The minimum atomic E-state index is -3.21. The van der Waals surface area contributed by atoms with Gasteiger partial charge in [-0.05, 0) is 38.3 Å². The van der Waals surface area contributed by atoms with Crippen LogP contribution in [0.15, 0.2) is 24.3 Å². The Morgan fingerprint density at radius 1 is 1.24 bits per heavy atom. The number of amides is 1. The fraction of sp³-hybridized carbons (Fsp3) is 0.611. The average molecular weight is 368 g/mol. The second-order valence-corrected chi connectivity index (χ2v) is 8.42. The number of carbonyl (C=O) groups excluding carboxylic acids is 1. The molecule has 2 rings (SSSR count). The Labute approximate surface area is 150 Å². The van der Waals surface area contributed by atoms with Crippen LogP contribution in [0.3, 0.4) is 0 Å². The Balaban J connectivity index is 1.73. The average Bonchev–Trinajstić information content (AvgIpc) is 2.59. The number of ether oxygens (including phenoxy) is 1. The highest BCUT2D eigenvalue weighted by molar-refractivity contribution is 7.89. The lowest BCUT2D eigenvalue weighted by atomic mass is 10.1. The van der Waals surface area contributed by atoms with E-state index in [4.69, 9.17) is 4.74 Å². The van der Waals surface area contributed by atoms with Gasteiger partial charge >= 0.3 is 0 Å². The van der Waals surface area contributed by atoms with E-state index >= 15 is 0 Å². The number of hydrogen-bond donors (Lipinski definition) is 1. The van der Waals surface area contributed by atoms with Crippen LogP contribution in [0.5, 0.6) is 5.75 Å². The molecule has 1 aromatic rings. The van der Waals surface area contributed by atoms with Gasteiger partial charge in [-0.25, -0.2) is 13.1 Å². The van der Waals surface area contributed by atoms with Crippen LogP contribution in [-0.4, -0.2) is 50.7 Å². The van der Waals surface area contributed by atoms with Crippen LogP contribution in [-0.2, 0) is 14.8 Å². The van der Waals surface area contributed by atoms with E-state index in [1.165, 1.54) is 0 Å². The Hall–Kier alpha value is -1.60. The van der Waals surface area contributed by atoms with Crippen molar-refractivity contribution >= 4 is 15.9 Å². The van der Waals surface area contributed by atoms with Crippen molar-refractivity contribution < 1.29 is 17.9 Å². The summed E-state index contributed by atoms with van der Waals surface area (Å²) in [4.78, 5) is 14.0. The highest BCUT2D eigenvalue weighted by atomic mass is 32.2. The van der Waals surface area contributed by atoms with Gasteiger partial charge in [-0.2, -0.15) is 0 Å². The fourth-order valence-electron chi connectivity index (χ4n) is 2.76. The molecule has 0 aromatic heterocycles. The third kappa shape index (κ3) is 6.66. The van der Waals surface area contributed by atoms with E-state index in [-0.39, 0.29) is 24.3 Å². The maximum Gasteiger partial charge on any atom is 0.260 e. The molecule has 1 aromatic carbocycles. The molecule has 6 nitrogen and oxygen atoms in total. The van der Waals surface area contributed by atoms with Gasteiger partial charge in [-0.3, -0.25) is 4.79 Å². The number of sulfonamides is 1. The number of nitrogens with one attached hydrogen (secondary N) is 1. The van der Waals surface area contributed by atoms with Crippen LogP contribution < -0.4 is 9.46 Å². The van der Waals surface area contributed by atoms with Gasteiger partial charge in [0, 0.05) is 19.1 Å². The third-order valence-electron chi connectivity index (χ3n) is 4.34. The smallest absolute Gasteiger partial charge is 0.260 e. The van der Waals surface area contributed by atoms with Crippen molar-refractivity contribution in [2.75, 3.05) is 25.4 Å². The molecule has 0 atom stereocenters. The summed E-state index contributed by atoms with van der Waals surface area (Å²) in [7, 11) is -3.21. The molecular weight excluding hydrogens is 340 g/mol. The zero-order valence-corrected chi connectivity index (χ0v) is 15.8. The van der Waals surface area contributed by atoms with Gasteiger partial charge in [0.15, 0.2) is 6.61 Å². The standard InChI is InChI=1S/C18H28N2O4S/c1-3-4-13-25(22,23)19-16-9-11-20(12-10-16)18(21)14-24-17-7-5-15(2)6-8-17/h5-8,16,19H,3-4,9-14H2,1-2H3. The van der Waals surface area contributed by atoms with Gasteiger partial charge in [0.1, 0.15) is 5.75 Å². The molecule has 0 saturated carbocycles. The van der Waals surface area contributed by atoms with Crippen LogP contribution in [0, 0.1) is 6.92 Å². The van der Waals surface area contributed by atoms with Crippen molar-refractivity contribution in [1.29, 1.82) is 0 Å². The molecule has 0 aliphatic carbocycles. The van der Waals surface area contributed by atoms with Gasteiger partial charge in [0.25, 0.3) is 5.91 Å². The summed E-state index contributed by atoms with van der Waals surface area (Å²) in [6.07, 6.45) is 2.81. The quantitative estimate of drug-likeness (QED) is 0.762. The number of hydrogen-bond acceptors (Lipinski definition) is 4. The molecular formula is C18H28N2O4S. The van der Waals surface area contributed by atoms with Gasteiger partial charge < -0.3 is 9.64 Å². The number of likely N-dealkylation sites (tertiary alicyclic amines) is 1. The lowest BCUT2D eigenvalue weighted by Crippen LogP contribution is -2.48. The van der Waals surface area contributed by atoms with Crippen molar-refractivity contribution in [2.24, 2.45) is 0 Å². The molecule has 1 aliphatic rings. The first-order valence-corrected chi connectivity index (χ1v) is 10.5. The largest absolute Gasteiger partial charge is 0.484 e. The topological polar surface area (TPSA) is 75.7 Å². The highest BCUT2D eigenvalue weighted by Gasteiger charge is 2.25. The van der Waals surface area contributed by atoms with Gasteiger partial charge in [-0.1, -0.05) is 31.0 Å². The molecule has 1 amide bonds. The van der Waals surface area contributed by atoms with Crippen LogP contribution >= 0.6 is 0 Å². The Kier molecular flexibility index (Phi) is 7.25. The maximum atomic E-state index is 12.2. The molecule has 0 radical (unpaired) electrons. The summed E-state index contributed by atoms with van der Waals surface area (Å²) in [6, 6.07) is 7.50. The summed E-state index contributed by atoms with van der Waals surface area (Å²) in [5, 5.41) is 0. The number of benzene rings is 1. The number of piperidine rings is 1. The Morgan fingerprint density at radius 3 is 2.48 bits per heavy atom. The van der Waals surface area contributed by atoms with E-state index in [2.05, 4.69) is 4.72 Å². The predicted octanol–water partition coefficient (Wildman–Crippen LogP) is 2.08. The second kappa shape index (κ2) is 9.20. The number of aryl methyl sites for hydroxylation is 1. The summed E-state index contributed by atoms with van der Waals surface area (Å²) < 4.78 is 32.2. The minimum Gasteiger partial charge on any atom is -0.484 e. The molecule has 0 spiro atoms. The second-order valence-electron chi connectivity index (χ2n) is 6.55. The minimum absolute atomic E-state index is 0.00988. The molecule has 140 valence electrons. The van der Waals surface area contributed by atoms with Crippen LogP contribution in [0.4, 0.5) is 0 Å². The summed E-state index contributed by atoms with van der Waals surface area (Å²) in [5.41, 5.74) is 1.14. The molecule has 1 fully saturated rings. The van der Waals surface area contributed by atoms with Gasteiger partial charge in [-0.15, -0.1) is 0 Å². The van der Waals surface area contributed by atoms with Crippen LogP contribution in [0.2, 0.25) is 0 Å². The molecule has 1 heterocycles. The summed E-state index contributed by atoms with van der Waals surface area (Å²) >= 11 is 0. The molecule has 25 heavy (non-hydrogen) atoms. The lowest BCUT2D eigenvalue weighted by Gasteiger charge is -2.32. The molecule has 0 bridgehead atoms. The number of unbranched alkanes of at least 4 members (excludes halogenated alkanes) is 1. The third-order valence-corrected chi connectivity index (χ3v) is 5.86.